The first kappa shape index (κ1) is 26.7. The van der Waals surface area contributed by atoms with E-state index in [1.54, 1.807) is 25.3 Å². The van der Waals surface area contributed by atoms with Gasteiger partial charge in [-0.05, 0) is 19.4 Å². The van der Waals surface area contributed by atoms with E-state index in [9.17, 15) is 14.7 Å². The Morgan fingerprint density at radius 3 is 2.87 bits per heavy atom. The molecule has 5 atom stereocenters. The molecule has 1 aromatic heterocycles. The standard InChI is InChI=1S/C26H28ClFN4O5S/c1-2-37-26(35)21-18(11-32-15-9-14(10-20(33)34)22(28)19(32)13-36-12-15)30-24(25-29-7-8-38-25)31-23(21)16-5-3-4-6-17(16)27/h3-8,14-15,19,22-23H,2,9-13H2,1H3,(H,30,31)(H,33,34)/t14-,15+,19+,22-,23+/m1/s1. The number of benzene rings is 1. The maximum Gasteiger partial charge on any atom is 0.338 e. The molecule has 38 heavy (non-hydrogen) atoms. The summed E-state index contributed by atoms with van der Waals surface area (Å²) in [5.74, 6) is -1.67. The molecule has 0 amide bonds. The van der Waals surface area contributed by atoms with Crippen LogP contribution in [0, 0.1) is 5.92 Å². The largest absolute Gasteiger partial charge is 0.481 e. The van der Waals surface area contributed by atoms with Gasteiger partial charge in [0.15, 0.2) is 10.8 Å². The Hall–Kier alpha value is -2.86. The van der Waals surface area contributed by atoms with Gasteiger partial charge in [0.2, 0.25) is 0 Å². The van der Waals surface area contributed by atoms with Crippen LogP contribution < -0.4 is 5.32 Å². The number of carboxylic acids is 1. The molecule has 2 bridgehead atoms. The number of aliphatic imine (C=N–C) groups is 1. The lowest BCUT2D eigenvalue weighted by Crippen LogP contribution is -2.63. The summed E-state index contributed by atoms with van der Waals surface area (Å²) in [6.07, 6.45) is 0.394. The summed E-state index contributed by atoms with van der Waals surface area (Å²) < 4.78 is 26.7. The summed E-state index contributed by atoms with van der Waals surface area (Å²) in [4.78, 5) is 35.9. The van der Waals surface area contributed by atoms with Crippen LogP contribution in [0.4, 0.5) is 4.39 Å². The fourth-order valence-corrected chi connectivity index (χ4v) is 6.28. The zero-order valence-corrected chi connectivity index (χ0v) is 22.3. The van der Waals surface area contributed by atoms with Crippen molar-refractivity contribution in [2.24, 2.45) is 10.9 Å². The lowest BCUT2D eigenvalue weighted by atomic mass is 9.81. The van der Waals surface area contributed by atoms with Crippen molar-refractivity contribution in [2.75, 3.05) is 26.4 Å². The number of nitrogens with zero attached hydrogens (tertiary/aromatic N) is 3. The highest BCUT2D eigenvalue weighted by molar-refractivity contribution is 7.11. The summed E-state index contributed by atoms with van der Waals surface area (Å²) >= 11 is 7.97. The minimum atomic E-state index is -1.38. The number of thiazole rings is 1. The van der Waals surface area contributed by atoms with Crippen LogP contribution in [0.2, 0.25) is 5.02 Å². The third-order valence-electron chi connectivity index (χ3n) is 7.12. The van der Waals surface area contributed by atoms with Crippen molar-refractivity contribution in [3.8, 4) is 0 Å². The van der Waals surface area contributed by atoms with Gasteiger partial charge in [-0.1, -0.05) is 29.8 Å². The van der Waals surface area contributed by atoms with Gasteiger partial charge in [-0.25, -0.2) is 14.2 Å². The highest BCUT2D eigenvalue weighted by atomic mass is 35.5. The van der Waals surface area contributed by atoms with Crippen LogP contribution in [-0.2, 0) is 19.1 Å². The molecule has 0 saturated carbocycles. The van der Waals surface area contributed by atoms with E-state index in [2.05, 4.69) is 10.3 Å². The van der Waals surface area contributed by atoms with Crippen molar-refractivity contribution in [1.82, 2.24) is 15.2 Å². The number of aromatic nitrogens is 1. The number of carbonyl (C=O) groups is 2. The number of ether oxygens (including phenoxy) is 2. The minimum absolute atomic E-state index is 0.136. The molecule has 5 rings (SSSR count). The van der Waals surface area contributed by atoms with Gasteiger partial charge in [0.25, 0.3) is 0 Å². The second kappa shape index (κ2) is 11.5. The summed E-state index contributed by atoms with van der Waals surface area (Å²) in [5, 5.41) is 15.5. The number of carboxylic acid groups (broad SMARTS) is 1. The minimum Gasteiger partial charge on any atom is -0.481 e. The molecular weight excluding hydrogens is 535 g/mol. The number of morpholine rings is 1. The zero-order chi connectivity index (χ0) is 26.8. The summed E-state index contributed by atoms with van der Waals surface area (Å²) in [5.41, 5.74) is 1.45. The highest BCUT2D eigenvalue weighted by Crippen LogP contribution is 2.39. The number of aliphatic carboxylic acids is 1. The van der Waals surface area contributed by atoms with Crippen molar-refractivity contribution >= 4 is 40.7 Å². The van der Waals surface area contributed by atoms with Gasteiger partial charge in [0.05, 0.1) is 37.9 Å². The van der Waals surface area contributed by atoms with E-state index >= 15 is 4.39 Å². The number of rotatable bonds is 8. The van der Waals surface area contributed by atoms with Crippen LogP contribution >= 0.6 is 22.9 Å². The molecule has 3 aliphatic rings. The van der Waals surface area contributed by atoms with E-state index in [1.807, 2.05) is 22.4 Å². The Morgan fingerprint density at radius 2 is 2.16 bits per heavy atom. The first-order valence-corrected chi connectivity index (χ1v) is 13.7. The molecule has 2 aromatic rings. The molecule has 0 aliphatic carbocycles. The second-order valence-electron chi connectivity index (χ2n) is 9.45. The molecule has 4 heterocycles. The van der Waals surface area contributed by atoms with Gasteiger partial charge in [-0.3, -0.25) is 14.7 Å². The molecule has 1 aromatic carbocycles. The van der Waals surface area contributed by atoms with Crippen LogP contribution in [-0.4, -0.2) is 77.4 Å². The van der Waals surface area contributed by atoms with Crippen LogP contribution in [0.1, 0.15) is 36.4 Å². The Morgan fingerprint density at radius 1 is 1.34 bits per heavy atom. The summed E-state index contributed by atoms with van der Waals surface area (Å²) in [6.45, 7) is 2.57. The van der Waals surface area contributed by atoms with Gasteiger partial charge >= 0.3 is 11.9 Å². The fraction of sp³-hybridized carbons (Fsp3) is 0.462. The van der Waals surface area contributed by atoms with Gasteiger partial charge < -0.3 is 19.9 Å². The van der Waals surface area contributed by atoms with Crippen LogP contribution in [0.5, 0.6) is 0 Å². The zero-order valence-electron chi connectivity index (χ0n) is 20.7. The van der Waals surface area contributed by atoms with Crippen LogP contribution in [0.15, 0.2) is 52.1 Å². The number of esters is 1. The molecule has 202 valence electrons. The van der Waals surface area contributed by atoms with E-state index in [1.165, 1.54) is 11.3 Å². The van der Waals surface area contributed by atoms with Gasteiger partial charge in [-0.15, -0.1) is 11.3 Å². The van der Waals surface area contributed by atoms with Crippen molar-refractivity contribution in [2.45, 2.75) is 44.1 Å². The normalized spacial score (nSPS) is 27.4. The Kier molecular flexibility index (Phi) is 8.08. The average Bonchev–Trinajstić information content (AvgIpc) is 3.43. The molecular formula is C26H28ClFN4O5S. The van der Waals surface area contributed by atoms with E-state index in [0.717, 1.165) is 0 Å². The van der Waals surface area contributed by atoms with Gasteiger partial charge in [-0.2, -0.15) is 0 Å². The number of hydrogen-bond donors (Lipinski definition) is 2. The molecule has 0 radical (unpaired) electrons. The maximum absolute atomic E-state index is 15.6. The first-order chi connectivity index (χ1) is 18.4. The molecule has 2 N–H and O–H groups in total. The third kappa shape index (κ3) is 5.33. The van der Waals surface area contributed by atoms with Crippen molar-refractivity contribution in [3.63, 3.8) is 0 Å². The summed E-state index contributed by atoms with van der Waals surface area (Å²) in [6, 6.07) is 5.57. The number of nitrogens with one attached hydrogen (secondary N) is 1. The fourth-order valence-electron chi connectivity index (χ4n) is 5.45. The predicted molar refractivity (Wildman–Crippen MR) is 140 cm³/mol. The monoisotopic (exact) mass is 562 g/mol. The molecule has 0 spiro atoms. The number of amidine groups is 1. The van der Waals surface area contributed by atoms with E-state index in [4.69, 9.17) is 26.1 Å². The maximum atomic E-state index is 15.6. The molecule has 0 unspecified atom stereocenters. The highest BCUT2D eigenvalue weighted by Gasteiger charge is 2.47. The van der Waals surface area contributed by atoms with Crippen molar-refractivity contribution in [3.05, 3.63) is 62.7 Å². The van der Waals surface area contributed by atoms with E-state index < -0.39 is 36.1 Å². The van der Waals surface area contributed by atoms with Crippen LogP contribution in [0.25, 0.3) is 0 Å². The van der Waals surface area contributed by atoms with E-state index in [-0.39, 0.29) is 32.2 Å². The number of hydrogen-bond acceptors (Lipinski definition) is 9. The Bertz CT molecular complexity index is 1260. The van der Waals surface area contributed by atoms with Crippen LogP contribution in [0.3, 0.4) is 0 Å². The van der Waals surface area contributed by atoms with Gasteiger partial charge in [0.1, 0.15) is 12.2 Å². The lowest BCUT2D eigenvalue weighted by molar-refractivity contribution is -0.146. The van der Waals surface area contributed by atoms with Crippen molar-refractivity contribution in [1.29, 1.82) is 0 Å². The predicted octanol–water partition coefficient (Wildman–Crippen LogP) is 3.61. The number of carbonyl (C=O) groups excluding carboxylic acids is 1. The first-order valence-electron chi connectivity index (χ1n) is 12.5. The number of fused-ring (bicyclic) bond motifs is 2. The number of halogens is 2. The molecule has 2 saturated heterocycles. The Labute approximate surface area is 228 Å². The quantitative estimate of drug-likeness (QED) is 0.469. The molecule has 2 fully saturated rings. The van der Waals surface area contributed by atoms with Gasteiger partial charge in [0, 0.05) is 46.4 Å². The topological polar surface area (TPSA) is 113 Å². The molecule has 9 nitrogen and oxygen atoms in total. The number of alkyl halides is 1. The smallest absolute Gasteiger partial charge is 0.338 e. The SMILES string of the molecule is CCOC(=O)C1=C(CN2[C@@H]3COC[C@H]2[C@H](F)[C@@H](CC(=O)O)C3)NC(c2nccs2)=N[C@H]1c1ccccc1Cl. The molecule has 12 heteroatoms. The Balaban J connectivity index is 1.56. The number of piperidine rings is 1. The van der Waals surface area contributed by atoms with Crippen molar-refractivity contribution < 1.29 is 28.6 Å². The molecule has 3 aliphatic heterocycles. The average molecular weight is 563 g/mol. The second-order valence-corrected chi connectivity index (χ2v) is 10.7. The lowest BCUT2D eigenvalue weighted by Gasteiger charge is -2.50. The van der Waals surface area contributed by atoms with E-state index in [0.29, 0.717) is 45.7 Å². The third-order valence-corrected chi connectivity index (χ3v) is 8.24. The summed E-state index contributed by atoms with van der Waals surface area (Å²) in [7, 11) is 0.